The number of rotatable bonds is 13. The fourth-order valence-corrected chi connectivity index (χ4v) is 18.1. The maximum absolute atomic E-state index is 2.48. The first-order valence-corrected chi connectivity index (χ1v) is 21.9. The molecule has 0 amide bonds. The second-order valence-corrected chi connectivity index (χ2v) is 21.1. The van der Waals surface area contributed by atoms with Crippen LogP contribution in [0.2, 0.25) is 0 Å². The van der Waals surface area contributed by atoms with Gasteiger partial charge in [-0.05, 0) is 0 Å². The number of allylic oxidation sites excluding steroid dienone is 4. The molecule has 5 aromatic carbocycles. The fourth-order valence-electron chi connectivity index (χ4n) is 7.82. The van der Waals surface area contributed by atoms with Crippen LogP contribution in [0.15, 0.2) is 163 Å². The van der Waals surface area contributed by atoms with Crippen molar-refractivity contribution in [1.82, 2.24) is 0 Å². The molecule has 5 aromatic rings. The third-order valence-electron chi connectivity index (χ3n) is 10.3. The SMILES string of the molecule is CCCC[PH](C1=CC=CCC1)(c1ccccc1)c1ccc(-c2ccc([PH](CCCC)(c3ccccc3)c3ccccc3)cc2)cc1. The zero-order valence-electron chi connectivity index (χ0n) is 27.7. The van der Waals surface area contributed by atoms with E-state index in [-0.39, 0.29) is 0 Å². The summed E-state index contributed by atoms with van der Waals surface area (Å²) < 4.78 is 0. The molecule has 0 aliphatic heterocycles. The van der Waals surface area contributed by atoms with Crippen LogP contribution in [-0.2, 0) is 0 Å². The van der Waals surface area contributed by atoms with E-state index in [4.69, 9.17) is 0 Å². The standard InChI is InChI=1S/C44H50P2/c1-3-5-35-45(39-19-11-7-12-20-39,40-21-13-8-14-22-40)43-31-27-37(28-32-43)38-29-33-44(34-30-38)46(36-6-4-2,41-23-15-9-16-24-41)42-25-17-10-18-26-42/h7-17,19-25,27-34,45-46H,3-6,18,26,35-36H2,1-2H3. The van der Waals surface area contributed by atoms with E-state index >= 15 is 0 Å². The van der Waals surface area contributed by atoms with Gasteiger partial charge in [-0.1, -0.05) is 0 Å². The zero-order chi connectivity index (χ0) is 31.7. The molecule has 0 saturated carbocycles. The van der Waals surface area contributed by atoms with Crippen LogP contribution in [0.3, 0.4) is 0 Å². The Morgan fingerprint density at radius 1 is 0.457 bits per heavy atom. The third-order valence-corrected chi connectivity index (χ3v) is 20.6. The van der Waals surface area contributed by atoms with Crippen molar-refractivity contribution < 1.29 is 0 Å². The molecule has 0 radical (unpaired) electrons. The summed E-state index contributed by atoms with van der Waals surface area (Å²) in [6.07, 6.45) is 16.8. The molecule has 1 aliphatic rings. The van der Waals surface area contributed by atoms with E-state index in [0.717, 1.165) is 6.42 Å². The monoisotopic (exact) mass is 640 g/mol. The third kappa shape index (κ3) is 6.49. The van der Waals surface area contributed by atoms with Crippen molar-refractivity contribution in [1.29, 1.82) is 0 Å². The van der Waals surface area contributed by atoms with E-state index in [9.17, 15) is 0 Å². The summed E-state index contributed by atoms with van der Waals surface area (Å²) in [6, 6.07) is 53.6. The first-order chi connectivity index (χ1) is 22.7. The molecular formula is C44H50P2. The molecule has 0 N–H and O–H groups in total. The number of benzene rings is 5. The van der Waals surface area contributed by atoms with Crippen LogP contribution in [0.5, 0.6) is 0 Å². The number of unbranched alkanes of at least 4 members (excludes halogenated alkanes) is 2. The van der Waals surface area contributed by atoms with E-state index < -0.39 is 14.5 Å². The summed E-state index contributed by atoms with van der Waals surface area (Å²) in [7, 11) is -4.28. The van der Waals surface area contributed by atoms with Gasteiger partial charge in [-0.3, -0.25) is 0 Å². The van der Waals surface area contributed by atoms with Gasteiger partial charge in [0.15, 0.2) is 0 Å². The number of hydrogen-bond acceptors (Lipinski definition) is 0. The Balaban J connectivity index is 1.40. The van der Waals surface area contributed by atoms with Crippen molar-refractivity contribution in [2.75, 3.05) is 12.3 Å². The summed E-state index contributed by atoms with van der Waals surface area (Å²) >= 11 is 0. The Hall–Kier alpha value is -3.56. The van der Waals surface area contributed by atoms with E-state index in [1.165, 1.54) is 71.5 Å². The summed E-state index contributed by atoms with van der Waals surface area (Å²) in [4.78, 5) is 0. The minimum atomic E-state index is -2.18. The van der Waals surface area contributed by atoms with Crippen molar-refractivity contribution in [2.45, 2.75) is 52.4 Å². The Morgan fingerprint density at radius 2 is 0.848 bits per heavy atom. The van der Waals surface area contributed by atoms with Gasteiger partial charge in [0.2, 0.25) is 0 Å². The van der Waals surface area contributed by atoms with E-state index in [1.54, 1.807) is 15.9 Å². The molecule has 0 aromatic heterocycles. The van der Waals surface area contributed by atoms with Gasteiger partial charge in [0.05, 0.1) is 0 Å². The zero-order valence-corrected chi connectivity index (χ0v) is 29.7. The molecular weight excluding hydrogens is 590 g/mol. The van der Waals surface area contributed by atoms with Crippen molar-refractivity contribution in [3.63, 3.8) is 0 Å². The van der Waals surface area contributed by atoms with Gasteiger partial charge < -0.3 is 0 Å². The van der Waals surface area contributed by atoms with E-state index in [2.05, 4.69) is 172 Å². The second kappa shape index (κ2) is 15.4. The Bertz CT molecular complexity index is 1680. The summed E-state index contributed by atoms with van der Waals surface area (Å²) in [5.74, 6) is 0. The van der Waals surface area contributed by atoms with Crippen LogP contribution < -0.4 is 26.5 Å². The molecule has 0 bridgehead atoms. The van der Waals surface area contributed by atoms with Gasteiger partial charge in [0.25, 0.3) is 0 Å². The minimum absolute atomic E-state index is 1.15. The quantitative estimate of drug-likeness (QED) is 0.112. The molecule has 2 heteroatoms. The molecule has 236 valence electrons. The van der Waals surface area contributed by atoms with Crippen molar-refractivity contribution in [3.8, 4) is 11.1 Å². The van der Waals surface area contributed by atoms with Crippen LogP contribution in [0, 0.1) is 0 Å². The van der Waals surface area contributed by atoms with Crippen LogP contribution >= 0.6 is 14.5 Å². The fraction of sp³-hybridized carbons (Fsp3) is 0.227. The average Bonchev–Trinajstić information content (AvgIpc) is 3.14. The van der Waals surface area contributed by atoms with Crippen LogP contribution in [0.4, 0.5) is 0 Å². The molecule has 0 unspecified atom stereocenters. The van der Waals surface area contributed by atoms with Gasteiger partial charge in [0, 0.05) is 0 Å². The molecule has 0 heterocycles. The van der Waals surface area contributed by atoms with Gasteiger partial charge in [-0.2, -0.15) is 0 Å². The molecule has 0 atom stereocenters. The average molecular weight is 641 g/mol. The molecule has 0 fully saturated rings. The number of hydrogen-bond donors (Lipinski definition) is 0. The normalized spacial score (nSPS) is 14.1. The topological polar surface area (TPSA) is 0 Å². The Kier molecular flexibility index (Phi) is 10.8. The predicted octanol–water partition coefficient (Wildman–Crippen LogP) is 9.91. The van der Waals surface area contributed by atoms with Crippen molar-refractivity contribution in [3.05, 3.63) is 163 Å². The van der Waals surface area contributed by atoms with Crippen LogP contribution in [0.1, 0.15) is 52.4 Å². The van der Waals surface area contributed by atoms with Crippen molar-refractivity contribution in [2.24, 2.45) is 0 Å². The van der Waals surface area contributed by atoms with Crippen molar-refractivity contribution >= 4 is 41.0 Å². The van der Waals surface area contributed by atoms with Crippen LogP contribution in [-0.4, -0.2) is 12.3 Å². The van der Waals surface area contributed by atoms with Gasteiger partial charge in [0.1, 0.15) is 0 Å². The second-order valence-electron chi connectivity index (χ2n) is 12.9. The molecule has 46 heavy (non-hydrogen) atoms. The van der Waals surface area contributed by atoms with Gasteiger partial charge in [-0.25, -0.2) is 0 Å². The molecule has 1 aliphatic carbocycles. The molecule has 0 saturated heterocycles. The van der Waals surface area contributed by atoms with E-state index in [0.29, 0.717) is 0 Å². The summed E-state index contributed by atoms with van der Waals surface area (Å²) in [5, 5.41) is 9.30. The van der Waals surface area contributed by atoms with Gasteiger partial charge in [-0.15, -0.1) is 0 Å². The molecule has 0 spiro atoms. The van der Waals surface area contributed by atoms with Gasteiger partial charge >= 0.3 is 280 Å². The van der Waals surface area contributed by atoms with E-state index in [1.807, 2.05) is 0 Å². The van der Waals surface area contributed by atoms with Crippen LogP contribution in [0.25, 0.3) is 11.1 Å². The molecule has 0 nitrogen and oxygen atoms in total. The summed E-state index contributed by atoms with van der Waals surface area (Å²) in [6.45, 7) is 4.66. The first-order valence-electron chi connectivity index (χ1n) is 17.5. The summed E-state index contributed by atoms with van der Waals surface area (Å²) in [5.41, 5.74) is 2.61. The predicted molar refractivity (Wildman–Crippen MR) is 212 cm³/mol. The Morgan fingerprint density at radius 3 is 1.26 bits per heavy atom. The molecule has 6 rings (SSSR count). The maximum atomic E-state index is 2.48. The first kappa shape index (κ1) is 32.4. The Labute approximate surface area is 279 Å².